The van der Waals surface area contributed by atoms with Gasteiger partial charge in [0.2, 0.25) is 0 Å². The number of H-pyrrole nitrogens is 1. The fraction of sp³-hybridized carbons (Fsp3) is 0.278. The van der Waals surface area contributed by atoms with E-state index in [0.717, 1.165) is 16.7 Å². The normalized spacial score (nSPS) is 12.3. The molecule has 0 radical (unpaired) electrons. The molecule has 25 heavy (non-hydrogen) atoms. The molecule has 0 aliphatic rings. The fourth-order valence-corrected chi connectivity index (χ4v) is 3.08. The van der Waals surface area contributed by atoms with E-state index in [1.807, 2.05) is 36.0 Å². The maximum Gasteiger partial charge on any atom is 0.251 e. The maximum atomic E-state index is 11.6. The summed E-state index contributed by atoms with van der Waals surface area (Å²) in [5.41, 5.74) is 3.19. The predicted octanol–water partition coefficient (Wildman–Crippen LogP) is 3.35. The molecule has 2 aromatic heterocycles. The van der Waals surface area contributed by atoms with E-state index in [1.165, 1.54) is 6.07 Å². The third-order valence-electron chi connectivity index (χ3n) is 3.98. The van der Waals surface area contributed by atoms with Gasteiger partial charge in [-0.05, 0) is 31.0 Å². The summed E-state index contributed by atoms with van der Waals surface area (Å²) in [5.74, 6) is 0.570. The number of nitrogens with zero attached hydrogens (tertiary/aromatic N) is 3. The van der Waals surface area contributed by atoms with Gasteiger partial charge in [-0.15, -0.1) is 0 Å². The summed E-state index contributed by atoms with van der Waals surface area (Å²) in [4.78, 5) is 18.6. The zero-order chi connectivity index (χ0) is 18.0. The molecule has 0 aliphatic carbocycles. The molecule has 0 saturated carbocycles. The van der Waals surface area contributed by atoms with Crippen LogP contribution in [0.1, 0.15) is 29.9 Å². The molecule has 1 atom stereocenters. The lowest BCUT2D eigenvalue weighted by Gasteiger charge is -2.15. The smallest absolute Gasteiger partial charge is 0.251 e. The molecule has 2 heterocycles. The van der Waals surface area contributed by atoms with Gasteiger partial charge in [-0.25, -0.2) is 4.98 Å². The van der Waals surface area contributed by atoms with Crippen LogP contribution >= 0.6 is 11.6 Å². The van der Waals surface area contributed by atoms with Gasteiger partial charge in [-0.3, -0.25) is 9.48 Å². The van der Waals surface area contributed by atoms with E-state index < -0.39 is 0 Å². The third-order valence-corrected chi connectivity index (χ3v) is 4.31. The molecule has 6 nitrogen and oxygen atoms in total. The number of hydrogen-bond donors (Lipinski definition) is 1. The van der Waals surface area contributed by atoms with Crippen molar-refractivity contribution < 1.29 is 4.74 Å². The average Bonchev–Trinajstić information content (AvgIpc) is 3.04. The van der Waals surface area contributed by atoms with Crippen molar-refractivity contribution in [2.75, 3.05) is 7.11 Å². The molecule has 0 saturated heterocycles. The van der Waals surface area contributed by atoms with Gasteiger partial charge in [0.15, 0.2) is 0 Å². The lowest BCUT2D eigenvalue weighted by molar-refractivity contribution is 0.185. The van der Waals surface area contributed by atoms with E-state index >= 15 is 0 Å². The van der Waals surface area contributed by atoms with Gasteiger partial charge in [0, 0.05) is 30.0 Å². The minimum Gasteiger partial charge on any atom is -0.380 e. The van der Waals surface area contributed by atoms with E-state index in [0.29, 0.717) is 23.1 Å². The number of rotatable bonds is 5. The second-order valence-electron chi connectivity index (χ2n) is 5.89. The Bertz CT molecular complexity index is 948. The largest absolute Gasteiger partial charge is 0.380 e. The van der Waals surface area contributed by atoms with Crippen molar-refractivity contribution in [2.24, 2.45) is 0 Å². The molecule has 1 N–H and O–H groups in total. The van der Waals surface area contributed by atoms with Crippen LogP contribution in [0.3, 0.4) is 0 Å². The van der Waals surface area contributed by atoms with Crippen molar-refractivity contribution in [3.63, 3.8) is 0 Å². The highest BCUT2D eigenvalue weighted by Crippen LogP contribution is 2.28. The first-order valence-corrected chi connectivity index (χ1v) is 8.25. The number of aromatic amines is 1. The van der Waals surface area contributed by atoms with Crippen LogP contribution in [-0.2, 0) is 11.3 Å². The van der Waals surface area contributed by atoms with E-state index in [-0.39, 0.29) is 11.6 Å². The highest BCUT2D eigenvalue weighted by Gasteiger charge is 2.14. The van der Waals surface area contributed by atoms with Crippen LogP contribution in [0.4, 0.5) is 0 Å². The molecule has 7 heteroatoms. The molecule has 0 spiro atoms. The zero-order valence-electron chi connectivity index (χ0n) is 14.3. The molecule has 1 aromatic carbocycles. The summed E-state index contributed by atoms with van der Waals surface area (Å²) in [5, 5.41) is 5.08. The summed E-state index contributed by atoms with van der Waals surface area (Å²) < 4.78 is 6.94. The lowest BCUT2D eigenvalue weighted by Crippen LogP contribution is -2.09. The highest BCUT2D eigenvalue weighted by atomic mass is 35.5. The molecule has 0 fully saturated rings. The number of halogens is 1. The van der Waals surface area contributed by atoms with Crippen molar-refractivity contribution in [3.05, 3.63) is 69.0 Å². The topological polar surface area (TPSA) is 72.8 Å². The van der Waals surface area contributed by atoms with Crippen LogP contribution in [0.25, 0.3) is 11.3 Å². The Morgan fingerprint density at radius 1 is 1.36 bits per heavy atom. The summed E-state index contributed by atoms with van der Waals surface area (Å²) in [6, 6.07) is 7.29. The number of nitrogens with one attached hydrogen (secondary N) is 1. The standard InChI is InChI=1S/C18H19ClN4O2/c1-11(15-5-4-13(10-25-3)6-16(15)19)23-9-14(8-20-23)17-7-18(24)22-12(2)21-17/h4-9,11H,10H2,1-3H3,(H,21,22,24)/t11-/m0/s1. The lowest BCUT2D eigenvalue weighted by atomic mass is 10.1. The third kappa shape index (κ3) is 3.81. The summed E-state index contributed by atoms with van der Waals surface area (Å²) in [6.45, 7) is 4.29. The molecule has 0 aliphatic heterocycles. The van der Waals surface area contributed by atoms with Gasteiger partial charge in [0.1, 0.15) is 5.82 Å². The van der Waals surface area contributed by atoms with Crippen LogP contribution in [-0.4, -0.2) is 26.9 Å². The molecule has 0 amide bonds. The van der Waals surface area contributed by atoms with Crippen molar-refractivity contribution in [1.29, 1.82) is 0 Å². The first-order chi connectivity index (χ1) is 12.0. The monoisotopic (exact) mass is 358 g/mol. The zero-order valence-corrected chi connectivity index (χ0v) is 15.0. The van der Waals surface area contributed by atoms with Crippen LogP contribution in [0.2, 0.25) is 5.02 Å². The number of aryl methyl sites for hydroxylation is 1. The molecule has 0 unspecified atom stereocenters. The van der Waals surface area contributed by atoms with Gasteiger partial charge in [0.05, 0.1) is 24.5 Å². The Balaban J connectivity index is 1.90. The molecular formula is C18H19ClN4O2. The number of hydrogen-bond acceptors (Lipinski definition) is 4. The van der Waals surface area contributed by atoms with E-state index in [9.17, 15) is 4.79 Å². The van der Waals surface area contributed by atoms with Gasteiger partial charge < -0.3 is 9.72 Å². The summed E-state index contributed by atoms with van der Waals surface area (Å²) >= 11 is 6.42. The molecule has 130 valence electrons. The SMILES string of the molecule is COCc1ccc([C@H](C)n2cc(-c3cc(=O)[nH]c(C)n3)cn2)c(Cl)c1. The van der Waals surface area contributed by atoms with Crippen LogP contribution < -0.4 is 5.56 Å². The van der Waals surface area contributed by atoms with E-state index in [1.54, 1.807) is 20.2 Å². The van der Waals surface area contributed by atoms with Crippen molar-refractivity contribution in [2.45, 2.75) is 26.5 Å². The summed E-state index contributed by atoms with van der Waals surface area (Å²) in [6.07, 6.45) is 3.57. The predicted molar refractivity (Wildman–Crippen MR) is 96.8 cm³/mol. The first kappa shape index (κ1) is 17.4. The number of ether oxygens (including phenoxy) is 1. The number of aromatic nitrogens is 4. The number of methoxy groups -OCH3 is 1. The van der Waals surface area contributed by atoms with Gasteiger partial charge >= 0.3 is 0 Å². The Kier molecular flexibility index (Phi) is 5.01. The van der Waals surface area contributed by atoms with Gasteiger partial charge in [-0.2, -0.15) is 5.10 Å². The van der Waals surface area contributed by atoms with Crippen molar-refractivity contribution in [3.8, 4) is 11.3 Å². The van der Waals surface area contributed by atoms with Crippen LogP contribution in [0.15, 0.2) is 41.5 Å². The van der Waals surface area contributed by atoms with Gasteiger partial charge in [-0.1, -0.05) is 23.7 Å². The maximum absolute atomic E-state index is 11.6. The van der Waals surface area contributed by atoms with E-state index in [2.05, 4.69) is 15.1 Å². The Hall–Kier alpha value is -2.44. The molecule has 3 rings (SSSR count). The van der Waals surface area contributed by atoms with Crippen molar-refractivity contribution in [1.82, 2.24) is 19.7 Å². The minimum atomic E-state index is -0.180. The second-order valence-corrected chi connectivity index (χ2v) is 6.30. The van der Waals surface area contributed by atoms with Crippen LogP contribution in [0.5, 0.6) is 0 Å². The minimum absolute atomic E-state index is 0.0547. The Morgan fingerprint density at radius 2 is 2.16 bits per heavy atom. The molecular weight excluding hydrogens is 340 g/mol. The Labute approximate surface area is 150 Å². The van der Waals surface area contributed by atoms with E-state index in [4.69, 9.17) is 16.3 Å². The molecule has 3 aromatic rings. The van der Waals surface area contributed by atoms with Gasteiger partial charge in [0.25, 0.3) is 5.56 Å². The fourth-order valence-electron chi connectivity index (χ4n) is 2.72. The van der Waals surface area contributed by atoms with Crippen LogP contribution in [0, 0.1) is 6.92 Å². The molecule has 0 bridgehead atoms. The van der Waals surface area contributed by atoms with Crippen molar-refractivity contribution >= 4 is 11.6 Å². The number of benzene rings is 1. The quantitative estimate of drug-likeness (QED) is 0.759. The first-order valence-electron chi connectivity index (χ1n) is 7.87. The second kappa shape index (κ2) is 7.21. The summed E-state index contributed by atoms with van der Waals surface area (Å²) in [7, 11) is 1.65. The Morgan fingerprint density at radius 3 is 2.84 bits per heavy atom. The average molecular weight is 359 g/mol. The highest BCUT2D eigenvalue weighted by molar-refractivity contribution is 6.31.